The van der Waals surface area contributed by atoms with E-state index in [9.17, 15) is 17.6 Å². The van der Waals surface area contributed by atoms with E-state index in [1.54, 1.807) is 0 Å². The summed E-state index contributed by atoms with van der Waals surface area (Å²) < 4.78 is 57.9. The first-order valence-electron chi connectivity index (χ1n) is 5.18. The predicted molar refractivity (Wildman–Crippen MR) is 62.3 cm³/mol. The average molecular weight is 291 g/mol. The Morgan fingerprint density at radius 1 is 0.895 bits per heavy atom. The molecule has 0 aliphatic rings. The van der Waals surface area contributed by atoms with Crippen LogP contribution in [0.4, 0.5) is 17.6 Å². The Bertz CT molecular complexity index is 593. The lowest BCUT2D eigenvalue weighted by atomic mass is 10.2. The molecule has 0 amide bonds. The van der Waals surface area contributed by atoms with Crippen molar-refractivity contribution in [1.29, 1.82) is 0 Å². The third-order valence-electron chi connectivity index (χ3n) is 2.32. The highest BCUT2D eigenvalue weighted by Gasteiger charge is 2.15. The van der Waals surface area contributed by atoms with Gasteiger partial charge in [0.15, 0.2) is 29.0 Å². The summed E-state index contributed by atoms with van der Waals surface area (Å²) in [6, 6.07) is 4.37. The van der Waals surface area contributed by atoms with E-state index in [4.69, 9.17) is 16.3 Å². The zero-order chi connectivity index (χ0) is 14.0. The standard InChI is InChI=1S/C13H7ClF4O/c14-6-7-3-10(17)13(11(18)4-7)19-12-2-1-8(15)5-9(12)16/h1-5H,6H2. The summed E-state index contributed by atoms with van der Waals surface area (Å²) >= 11 is 5.45. The van der Waals surface area contributed by atoms with Crippen LogP contribution >= 0.6 is 11.6 Å². The second-order valence-electron chi connectivity index (χ2n) is 3.70. The van der Waals surface area contributed by atoms with Crippen molar-refractivity contribution in [3.8, 4) is 11.5 Å². The number of hydrogen-bond acceptors (Lipinski definition) is 1. The van der Waals surface area contributed by atoms with Gasteiger partial charge in [-0.3, -0.25) is 0 Å². The SMILES string of the molecule is Fc1ccc(Oc2c(F)cc(CCl)cc2F)c(F)c1. The summed E-state index contributed by atoms with van der Waals surface area (Å²) in [6.45, 7) is 0. The van der Waals surface area contributed by atoms with Crippen LogP contribution in [-0.4, -0.2) is 0 Å². The van der Waals surface area contributed by atoms with Crippen LogP contribution in [0.25, 0.3) is 0 Å². The van der Waals surface area contributed by atoms with Crippen LogP contribution in [0, 0.1) is 23.3 Å². The van der Waals surface area contributed by atoms with E-state index in [1.165, 1.54) is 0 Å². The molecule has 0 fully saturated rings. The maximum atomic E-state index is 13.6. The van der Waals surface area contributed by atoms with Crippen LogP contribution in [-0.2, 0) is 5.88 Å². The Hall–Kier alpha value is -1.75. The summed E-state index contributed by atoms with van der Waals surface area (Å²) in [5.74, 6) is -5.21. The number of ether oxygens (including phenoxy) is 1. The highest BCUT2D eigenvalue weighted by atomic mass is 35.5. The molecule has 0 spiro atoms. The van der Waals surface area contributed by atoms with Gasteiger partial charge in [0.05, 0.1) is 0 Å². The number of alkyl halides is 1. The topological polar surface area (TPSA) is 9.23 Å². The summed E-state index contributed by atoms with van der Waals surface area (Å²) in [4.78, 5) is 0. The summed E-state index contributed by atoms with van der Waals surface area (Å²) in [5.41, 5.74) is 0.226. The molecule has 0 aliphatic heterocycles. The van der Waals surface area contributed by atoms with E-state index in [0.29, 0.717) is 6.07 Å². The molecule has 0 aliphatic carbocycles. The van der Waals surface area contributed by atoms with Gasteiger partial charge in [-0.25, -0.2) is 17.6 Å². The van der Waals surface area contributed by atoms with Gasteiger partial charge in [-0.1, -0.05) is 0 Å². The molecule has 2 aromatic carbocycles. The lowest BCUT2D eigenvalue weighted by Gasteiger charge is -2.09. The van der Waals surface area contributed by atoms with Crippen molar-refractivity contribution >= 4 is 11.6 Å². The van der Waals surface area contributed by atoms with Crippen LogP contribution in [0.1, 0.15) is 5.56 Å². The minimum absolute atomic E-state index is 0.0704. The molecule has 0 aromatic heterocycles. The molecule has 0 saturated carbocycles. The fourth-order valence-corrected chi connectivity index (χ4v) is 1.61. The monoisotopic (exact) mass is 290 g/mol. The number of hydrogen-bond donors (Lipinski definition) is 0. The van der Waals surface area contributed by atoms with Crippen molar-refractivity contribution in [3.05, 3.63) is 59.2 Å². The van der Waals surface area contributed by atoms with Gasteiger partial charge in [0.1, 0.15) is 5.82 Å². The highest BCUT2D eigenvalue weighted by Crippen LogP contribution is 2.30. The zero-order valence-corrected chi connectivity index (χ0v) is 10.1. The van der Waals surface area contributed by atoms with Crippen LogP contribution in [0.5, 0.6) is 11.5 Å². The lowest BCUT2D eigenvalue weighted by molar-refractivity contribution is 0.385. The maximum absolute atomic E-state index is 13.6. The molecule has 0 heterocycles. The fourth-order valence-electron chi connectivity index (χ4n) is 1.45. The van der Waals surface area contributed by atoms with E-state index < -0.39 is 34.8 Å². The van der Waals surface area contributed by atoms with Crippen molar-refractivity contribution in [1.82, 2.24) is 0 Å². The predicted octanol–water partition coefficient (Wildman–Crippen LogP) is 4.77. The summed E-state index contributed by atoms with van der Waals surface area (Å²) in [7, 11) is 0. The van der Waals surface area contributed by atoms with Gasteiger partial charge in [-0.05, 0) is 29.8 Å². The normalized spacial score (nSPS) is 10.6. The molecule has 6 heteroatoms. The van der Waals surface area contributed by atoms with E-state index in [0.717, 1.165) is 24.3 Å². The van der Waals surface area contributed by atoms with Gasteiger partial charge in [-0.15, -0.1) is 11.6 Å². The van der Waals surface area contributed by atoms with Gasteiger partial charge in [0.2, 0.25) is 0 Å². The Kier molecular flexibility index (Phi) is 3.95. The Morgan fingerprint density at radius 2 is 1.53 bits per heavy atom. The van der Waals surface area contributed by atoms with Crippen LogP contribution < -0.4 is 4.74 Å². The summed E-state index contributed by atoms with van der Waals surface area (Å²) in [6.07, 6.45) is 0. The van der Waals surface area contributed by atoms with E-state index in [-0.39, 0.29) is 11.4 Å². The molecule has 0 N–H and O–H groups in total. The molecular formula is C13H7ClF4O. The molecular weight excluding hydrogens is 284 g/mol. The third kappa shape index (κ3) is 2.98. The first kappa shape index (κ1) is 13.7. The smallest absolute Gasteiger partial charge is 0.198 e. The van der Waals surface area contributed by atoms with Crippen LogP contribution in [0.3, 0.4) is 0 Å². The number of halogens is 5. The van der Waals surface area contributed by atoms with Crippen molar-refractivity contribution < 1.29 is 22.3 Å². The molecule has 0 bridgehead atoms. The second-order valence-corrected chi connectivity index (χ2v) is 3.97. The number of benzene rings is 2. The van der Waals surface area contributed by atoms with Gasteiger partial charge in [-0.2, -0.15) is 0 Å². The Balaban J connectivity index is 2.38. The molecule has 19 heavy (non-hydrogen) atoms. The van der Waals surface area contributed by atoms with E-state index in [1.807, 2.05) is 0 Å². The van der Waals surface area contributed by atoms with E-state index >= 15 is 0 Å². The van der Waals surface area contributed by atoms with Gasteiger partial charge < -0.3 is 4.74 Å². The number of rotatable bonds is 3. The molecule has 100 valence electrons. The highest BCUT2D eigenvalue weighted by molar-refractivity contribution is 6.17. The largest absolute Gasteiger partial charge is 0.448 e. The molecule has 2 aromatic rings. The van der Waals surface area contributed by atoms with Gasteiger partial charge in [0, 0.05) is 11.9 Å². The quantitative estimate of drug-likeness (QED) is 0.584. The van der Waals surface area contributed by atoms with Crippen molar-refractivity contribution in [3.63, 3.8) is 0 Å². The molecule has 0 saturated heterocycles. The summed E-state index contributed by atoms with van der Waals surface area (Å²) in [5, 5.41) is 0. The first-order valence-corrected chi connectivity index (χ1v) is 5.71. The first-order chi connectivity index (χ1) is 9.01. The van der Waals surface area contributed by atoms with Crippen molar-refractivity contribution in [2.45, 2.75) is 5.88 Å². The van der Waals surface area contributed by atoms with Crippen molar-refractivity contribution in [2.75, 3.05) is 0 Å². The minimum Gasteiger partial charge on any atom is -0.448 e. The molecule has 1 nitrogen and oxygen atoms in total. The maximum Gasteiger partial charge on any atom is 0.198 e. The van der Waals surface area contributed by atoms with Crippen LogP contribution in [0.2, 0.25) is 0 Å². The molecule has 0 atom stereocenters. The Morgan fingerprint density at radius 3 is 2.05 bits per heavy atom. The van der Waals surface area contributed by atoms with Crippen LogP contribution in [0.15, 0.2) is 30.3 Å². The molecule has 0 radical (unpaired) electrons. The fraction of sp³-hybridized carbons (Fsp3) is 0.0769. The average Bonchev–Trinajstić information content (AvgIpc) is 2.35. The van der Waals surface area contributed by atoms with Crippen molar-refractivity contribution in [2.24, 2.45) is 0 Å². The van der Waals surface area contributed by atoms with E-state index in [2.05, 4.69) is 0 Å². The molecule has 2 rings (SSSR count). The second kappa shape index (κ2) is 5.48. The Labute approximate surface area is 111 Å². The zero-order valence-electron chi connectivity index (χ0n) is 9.39. The molecule has 0 unspecified atom stereocenters. The third-order valence-corrected chi connectivity index (χ3v) is 2.63. The lowest BCUT2D eigenvalue weighted by Crippen LogP contribution is -1.96. The van der Waals surface area contributed by atoms with Gasteiger partial charge >= 0.3 is 0 Å². The van der Waals surface area contributed by atoms with Gasteiger partial charge in [0.25, 0.3) is 0 Å². The minimum atomic E-state index is -1.06.